The molecule has 30 heavy (non-hydrogen) atoms. The van der Waals surface area contributed by atoms with E-state index in [0.717, 1.165) is 32.6 Å². The van der Waals surface area contributed by atoms with Crippen molar-refractivity contribution in [2.45, 2.75) is 57.4 Å². The number of aromatic nitrogens is 1. The first-order valence-electron chi connectivity index (χ1n) is 11.2. The zero-order chi connectivity index (χ0) is 20.7. The lowest BCUT2D eigenvalue weighted by Gasteiger charge is -2.39. The molecule has 1 heterocycles. The van der Waals surface area contributed by atoms with Crippen LogP contribution in [-0.4, -0.2) is 4.57 Å². The Labute approximate surface area is 193 Å². The van der Waals surface area contributed by atoms with Gasteiger partial charge in [0.1, 0.15) is 0 Å². The molecule has 0 saturated heterocycles. The maximum atomic E-state index is 6.03. The normalized spacial score (nSPS) is 27.0. The van der Waals surface area contributed by atoms with Crippen LogP contribution in [0.25, 0.3) is 18.2 Å². The van der Waals surface area contributed by atoms with Gasteiger partial charge in [0.2, 0.25) is 0 Å². The number of allylic oxidation sites excluding steroid dienone is 4. The number of halogens is 1. The Morgan fingerprint density at radius 2 is 1.80 bits per heavy atom. The van der Waals surface area contributed by atoms with E-state index in [-0.39, 0.29) is 0 Å². The largest absolute Gasteiger partial charge is 0.320 e. The van der Waals surface area contributed by atoms with E-state index in [1.54, 1.807) is 11.3 Å². The first-order chi connectivity index (χ1) is 14.6. The van der Waals surface area contributed by atoms with Gasteiger partial charge in [-0.05, 0) is 84.7 Å². The van der Waals surface area contributed by atoms with Crippen LogP contribution in [0.15, 0.2) is 42.0 Å². The van der Waals surface area contributed by atoms with E-state index >= 15 is 0 Å². The van der Waals surface area contributed by atoms with E-state index in [9.17, 15) is 0 Å². The summed E-state index contributed by atoms with van der Waals surface area (Å²) in [6.07, 6.45) is 17.3. The van der Waals surface area contributed by atoms with E-state index in [4.69, 9.17) is 23.8 Å². The van der Waals surface area contributed by atoms with Crippen molar-refractivity contribution in [1.29, 1.82) is 0 Å². The van der Waals surface area contributed by atoms with Crippen LogP contribution in [-0.2, 0) is 0 Å². The predicted octanol–water partition coefficient (Wildman–Crippen LogP) is 7.07. The van der Waals surface area contributed by atoms with Crippen LogP contribution < -0.4 is 9.88 Å². The molecular formula is C26H28ClNS2. The molecule has 5 rings (SSSR count). The molecule has 3 aliphatic rings. The zero-order valence-electron chi connectivity index (χ0n) is 17.3. The third-order valence-electron chi connectivity index (χ3n) is 7.27. The van der Waals surface area contributed by atoms with Crippen LogP contribution in [0.2, 0.25) is 5.02 Å². The average molecular weight is 454 g/mol. The number of nitrogens with zero attached hydrogens (tertiary/aromatic N) is 1. The molecule has 0 bridgehead atoms. The second-order valence-electron chi connectivity index (χ2n) is 9.08. The molecule has 0 N–H and O–H groups in total. The number of thiazole rings is 1. The third-order valence-corrected chi connectivity index (χ3v) is 8.91. The average Bonchev–Trinajstić information content (AvgIpc) is 3.33. The highest BCUT2D eigenvalue weighted by molar-refractivity contribution is 7.73. The van der Waals surface area contributed by atoms with Crippen LogP contribution in [0.4, 0.5) is 0 Å². The maximum absolute atomic E-state index is 6.03. The minimum atomic E-state index is 0.545. The van der Waals surface area contributed by atoms with Crippen molar-refractivity contribution in [2.75, 3.05) is 0 Å². The van der Waals surface area contributed by atoms with Gasteiger partial charge in [-0.3, -0.25) is 0 Å². The molecule has 2 aromatic rings. The SMILES string of the molecule is C=c1/c(=C/C2=CC=C(c3ccc(Cl)cc3)C2)sc(=S)n1C1CCC2CCCCC2C1. The van der Waals surface area contributed by atoms with Crippen LogP contribution in [0, 0.1) is 15.8 Å². The summed E-state index contributed by atoms with van der Waals surface area (Å²) in [6, 6.07) is 8.66. The zero-order valence-corrected chi connectivity index (χ0v) is 19.7. The van der Waals surface area contributed by atoms with Crippen LogP contribution in [0.3, 0.4) is 0 Å². The molecule has 0 aliphatic heterocycles. The molecule has 4 heteroatoms. The van der Waals surface area contributed by atoms with E-state index in [0.29, 0.717) is 6.04 Å². The van der Waals surface area contributed by atoms with Crippen molar-refractivity contribution in [1.82, 2.24) is 4.57 Å². The Kier molecular flexibility index (Phi) is 5.88. The summed E-state index contributed by atoms with van der Waals surface area (Å²) in [5.74, 6) is 1.86. The Morgan fingerprint density at radius 3 is 2.60 bits per heavy atom. The van der Waals surface area contributed by atoms with Crippen LogP contribution >= 0.6 is 35.2 Å². The summed E-state index contributed by atoms with van der Waals surface area (Å²) in [5, 5.41) is 1.90. The molecule has 3 aliphatic carbocycles. The highest BCUT2D eigenvalue weighted by Gasteiger charge is 2.33. The molecule has 1 aromatic heterocycles. The van der Waals surface area contributed by atoms with Crippen LogP contribution in [0.5, 0.6) is 0 Å². The van der Waals surface area contributed by atoms with Gasteiger partial charge in [-0.15, -0.1) is 11.3 Å². The van der Waals surface area contributed by atoms with Gasteiger partial charge in [-0.1, -0.05) is 68.1 Å². The highest BCUT2D eigenvalue weighted by Crippen LogP contribution is 2.44. The Morgan fingerprint density at radius 1 is 1.03 bits per heavy atom. The number of rotatable bonds is 3. The fraction of sp³-hybridized carbons (Fsp3) is 0.423. The first-order valence-corrected chi connectivity index (χ1v) is 12.8. The van der Waals surface area contributed by atoms with E-state index in [1.165, 1.54) is 66.2 Å². The van der Waals surface area contributed by atoms with Crippen molar-refractivity contribution in [3.05, 3.63) is 66.4 Å². The van der Waals surface area contributed by atoms with Crippen molar-refractivity contribution in [3.8, 4) is 0 Å². The van der Waals surface area contributed by atoms with E-state index in [1.807, 2.05) is 12.1 Å². The summed E-state index contributed by atoms with van der Waals surface area (Å²) in [4.78, 5) is 0. The van der Waals surface area contributed by atoms with Gasteiger partial charge in [0.15, 0.2) is 3.95 Å². The number of benzene rings is 1. The molecule has 2 saturated carbocycles. The minimum Gasteiger partial charge on any atom is -0.320 e. The van der Waals surface area contributed by atoms with Gasteiger partial charge < -0.3 is 4.57 Å². The molecule has 2 fully saturated rings. The molecule has 3 unspecified atom stereocenters. The second kappa shape index (κ2) is 8.61. The lowest BCUT2D eigenvalue weighted by molar-refractivity contribution is 0.131. The standard InChI is InChI=1S/C26H28ClNS2/c1-17-25(15-18-6-7-22(14-18)20-8-11-23(27)12-9-20)30-26(29)28(17)24-13-10-19-4-2-3-5-21(19)16-24/h6-9,11-12,15,19,21,24H,1-5,10,13-14,16H2/b25-15-. The molecule has 1 aromatic carbocycles. The van der Waals surface area contributed by atoms with Gasteiger partial charge in [-0.2, -0.15) is 0 Å². The molecular weight excluding hydrogens is 426 g/mol. The summed E-state index contributed by atoms with van der Waals surface area (Å²) < 4.78 is 4.61. The maximum Gasteiger partial charge on any atom is 0.162 e. The monoisotopic (exact) mass is 453 g/mol. The van der Waals surface area contributed by atoms with Crippen molar-refractivity contribution >= 4 is 53.4 Å². The number of fused-ring (bicyclic) bond motifs is 1. The summed E-state index contributed by atoms with van der Waals surface area (Å²) in [5.41, 5.74) is 3.90. The van der Waals surface area contributed by atoms with Crippen molar-refractivity contribution < 1.29 is 0 Å². The molecule has 0 radical (unpaired) electrons. The third kappa shape index (κ3) is 4.04. The van der Waals surface area contributed by atoms with E-state index in [2.05, 4.69) is 41.5 Å². The number of hydrogen-bond acceptors (Lipinski definition) is 2. The lowest BCUT2D eigenvalue weighted by atomic mass is 9.69. The van der Waals surface area contributed by atoms with Crippen molar-refractivity contribution in [2.24, 2.45) is 11.8 Å². The number of hydrogen-bond donors (Lipinski definition) is 0. The molecule has 0 spiro atoms. The molecule has 0 amide bonds. The highest BCUT2D eigenvalue weighted by atomic mass is 35.5. The first kappa shape index (κ1) is 20.5. The van der Waals surface area contributed by atoms with Crippen molar-refractivity contribution in [3.63, 3.8) is 0 Å². The van der Waals surface area contributed by atoms with Gasteiger partial charge in [-0.25, -0.2) is 0 Å². The quantitative estimate of drug-likeness (QED) is 0.450. The Balaban J connectivity index is 1.35. The summed E-state index contributed by atoms with van der Waals surface area (Å²) in [6.45, 7) is 4.47. The Bertz CT molecular complexity index is 1170. The predicted molar refractivity (Wildman–Crippen MR) is 133 cm³/mol. The van der Waals surface area contributed by atoms with Gasteiger partial charge in [0, 0.05) is 11.1 Å². The minimum absolute atomic E-state index is 0.545. The fourth-order valence-electron chi connectivity index (χ4n) is 5.67. The summed E-state index contributed by atoms with van der Waals surface area (Å²) >= 11 is 13.6. The Hall–Kier alpha value is -1.42. The van der Waals surface area contributed by atoms with Gasteiger partial charge >= 0.3 is 0 Å². The fourth-order valence-corrected chi connectivity index (χ4v) is 7.30. The van der Waals surface area contributed by atoms with Gasteiger partial charge in [0.05, 0.1) is 9.88 Å². The topological polar surface area (TPSA) is 4.93 Å². The second-order valence-corrected chi connectivity index (χ2v) is 11.2. The van der Waals surface area contributed by atoms with Crippen LogP contribution in [0.1, 0.15) is 63.0 Å². The smallest absolute Gasteiger partial charge is 0.162 e. The molecule has 3 atom stereocenters. The van der Waals surface area contributed by atoms with E-state index < -0.39 is 0 Å². The summed E-state index contributed by atoms with van der Waals surface area (Å²) in [7, 11) is 0. The van der Waals surface area contributed by atoms with Gasteiger partial charge in [0.25, 0.3) is 0 Å². The molecule has 1 nitrogen and oxygen atoms in total. The molecule has 156 valence electrons. The lowest BCUT2D eigenvalue weighted by Crippen LogP contribution is -2.35.